The molecule has 0 saturated carbocycles. The summed E-state index contributed by atoms with van der Waals surface area (Å²) in [6.45, 7) is 12.2. The van der Waals surface area contributed by atoms with Crippen LogP contribution in [-0.4, -0.2) is 109 Å². The Labute approximate surface area is 209 Å². The first kappa shape index (κ1) is 27.0. The van der Waals surface area contributed by atoms with Gasteiger partial charge in [-0.05, 0) is 37.1 Å². The number of ether oxygens (including phenoxy) is 2. The van der Waals surface area contributed by atoms with Gasteiger partial charge >= 0.3 is 24.0 Å². The molecule has 4 atom stereocenters. The number of methoxy groups -OCH3 is 2. The summed E-state index contributed by atoms with van der Waals surface area (Å²) >= 11 is 0. The standard InChI is InChI=1S/2C12H16N2O4/c2*1-4-5-18-14-10-7-13(12(14)16)9(6-8(10)2)11(15)17-3/h2*4,6,9-10H,1,5,7H2,2-3H3/t9-,10+;9-,10-/m10/s1. The van der Waals surface area contributed by atoms with Crippen LogP contribution in [-0.2, 0) is 28.7 Å². The first-order chi connectivity index (χ1) is 17.2. The van der Waals surface area contributed by atoms with Crippen molar-refractivity contribution in [3.05, 3.63) is 48.6 Å². The van der Waals surface area contributed by atoms with Gasteiger partial charge in [-0.3, -0.25) is 9.68 Å². The van der Waals surface area contributed by atoms with Crippen molar-refractivity contribution in [2.45, 2.75) is 38.0 Å². The third-order valence-corrected chi connectivity index (χ3v) is 6.29. The Morgan fingerprint density at radius 3 is 1.50 bits per heavy atom. The highest BCUT2D eigenvalue weighted by Gasteiger charge is 2.49. The lowest BCUT2D eigenvalue weighted by Crippen LogP contribution is -2.44. The van der Waals surface area contributed by atoms with Gasteiger partial charge in [0.15, 0.2) is 0 Å². The van der Waals surface area contributed by atoms with Crippen LogP contribution in [0.3, 0.4) is 0 Å². The molecule has 0 aliphatic carbocycles. The third-order valence-electron chi connectivity index (χ3n) is 6.29. The second-order valence-electron chi connectivity index (χ2n) is 8.48. The van der Waals surface area contributed by atoms with E-state index in [2.05, 4.69) is 13.2 Å². The molecule has 2 saturated heterocycles. The van der Waals surface area contributed by atoms with Gasteiger partial charge in [0.1, 0.15) is 12.1 Å². The number of hydrogen-bond donors (Lipinski definition) is 0. The molecule has 4 amide bonds. The number of fused-ring (bicyclic) bond motifs is 4. The quantitative estimate of drug-likeness (QED) is 0.360. The van der Waals surface area contributed by atoms with Crippen LogP contribution in [0.5, 0.6) is 0 Å². The molecule has 0 radical (unpaired) electrons. The van der Waals surface area contributed by atoms with E-state index < -0.39 is 24.0 Å². The van der Waals surface area contributed by atoms with Crippen molar-refractivity contribution in [2.75, 3.05) is 40.5 Å². The Balaban J connectivity index is 0.000000201. The van der Waals surface area contributed by atoms with Crippen LogP contribution >= 0.6 is 0 Å². The molecule has 4 aliphatic rings. The average Bonchev–Trinajstić information content (AvgIpc) is 3.32. The smallest absolute Gasteiger partial charge is 0.345 e. The molecule has 0 spiro atoms. The van der Waals surface area contributed by atoms with Crippen LogP contribution in [0.15, 0.2) is 48.6 Å². The summed E-state index contributed by atoms with van der Waals surface area (Å²) < 4.78 is 9.40. The highest BCUT2D eigenvalue weighted by Crippen LogP contribution is 2.31. The second kappa shape index (κ2) is 11.4. The largest absolute Gasteiger partial charge is 0.467 e. The Morgan fingerprint density at radius 1 is 0.833 bits per heavy atom. The summed E-state index contributed by atoms with van der Waals surface area (Å²) in [5.41, 5.74) is 1.85. The number of hydrogen-bond acceptors (Lipinski definition) is 8. The fourth-order valence-electron chi connectivity index (χ4n) is 4.41. The monoisotopic (exact) mass is 504 g/mol. The molecule has 2 fully saturated rings. The van der Waals surface area contributed by atoms with Gasteiger partial charge in [-0.2, -0.15) is 10.1 Å². The fraction of sp³-hybridized carbons (Fsp3) is 0.500. The number of rotatable bonds is 8. The maximum Gasteiger partial charge on any atom is 0.345 e. The molecule has 0 aromatic heterocycles. The fourth-order valence-corrected chi connectivity index (χ4v) is 4.41. The molecule has 12 heteroatoms. The number of urea groups is 2. The lowest BCUT2D eigenvalue weighted by Gasteiger charge is -2.26. The van der Waals surface area contributed by atoms with Crippen LogP contribution in [0.25, 0.3) is 0 Å². The van der Waals surface area contributed by atoms with Crippen LogP contribution < -0.4 is 0 Å². The Hall–Kier alpha value is -3.64. The Kier molecular flexibility index (Phi) is 8.53. The lowest BCUT2D eigenvalue weighted by atomic mass is 10.0. The van der Waals surface area contributed by atoms with Crippen molar-refractivity contribution < 1.29 is 38.3 Å². The van der Waals surface area contributed by atoms with Gasteiger partial charge < -0.3 is 19.3 Å². The molecule has 0 aromatic rings. The molecule has 4 aliphatic heterocycles. The van der Waals surface area contributed by atoms with E-state index in [1.807, 2.05) is 13.8 Å². The summed E-state index contributed by atoms with van der Waals surface area (Å²) in [5.74, 6) is -0.876. The zero-order valence-corrected chi connectivity index (χ0v) is 20.9. The molecule has 196 valence electrons. The molecule has 4 bridgehead atoms. The average molecular weight is 505 g/mol. The highest BCUT2D eigenvalue weighted by atomic mass is 16.7. The summed E-state index contributed by atoms with van der Waals surface area (Å²) in [4.78, 5) is 61.1. The molecule has 0 aromatic carbocycles. The minimum absolute atomic E-state index is 0.140. The second-order valence-corrected chi connectivity index (χ2v) is 8.48. The van der Waals surface area contributed by atoms with Crippen LogP contribution in [0, 0.1) is 0 Å². The summed E-state index contributed by atoms with van der Waals surface area (Å²) in [6.07, 6.45) is 6.63. The predicted molar refractivity (Wildman–Crippen MR) is 127 cm³/mol. The molecule has 36 heavy (non-hydrogen) atoms. The van der Waals surface area contributed by atoms with Crippen LogP contribution in [0.1, 0.15) is 13.8 Å². The first-order valence-corrected chi connectivity index (χ1v) is 11.4. The molecule has 4 rings (SSSR count). The van der Waals surface area contributed by atoms with Crippen molar-refractivity contribution in [2.24, 2.45) is 0 Å². The van der Waals surface area contributed by atoms with E-state index in [-0.39, 0.29) is 37.4 Å². The topological polar surface area (TPSA) is 118 Å². The van der Waals surface area contributed by atoms with Gasteiger partial charge in [0.25, 0.3) is 0 Å². The van der Waals surface area contributed by atoms with Crippen LogP contribution in [0.4, 0.5) is 9.59 Å². The summed E-state index contributed by atoms with van der Waals surface area (Å²) in [5, 5.41) is 2.60. The molecule has 0 unspecified atom stereocenters. The number of hydroxylamine groups is 4. The summed E-state index contributed by atoms with van der Waals surface area (Å²) in [6, 6.07) is -2.22. The van der Waals surface area contributed by atoms with Crippen molar-refractivity contribution in [3.63, 3.8) is 0 Å². The van der Waals surface area contributed by atoms with Gasteiger partial charge in [-0.25, -0.2) is 19.2 Å². The minimum Gasteiger partial charge on any atom is -0.467 e. The number of carbonyl (C=O) groups excluding carboxylic acids is 4. The zero-order chi connectivity index (χ0) is 26.6. The number of amides is 4. The number of nitrogens with zero attached hydrogens (tertiary/aromatic N) is 4. The number of esters is 2. The van der Waals surface area contributed by atoms with E-state index in [0.29, 0.717) is 13.1 Å². The first-order valence-electron chi connectivity index (χ1n) is 11.4. The van der Waals surface area contributed by atoms with E-state index in [0.717, 1.165) is 11.1 Å². The molecule has 0 N–H and O–H groups in total. The van der Waals surface area contributed by atoms with E-state index in [9.17, 15) is 19.2 Å². The van der Waals surface area contributed by atoms with Crippen molar-refractivity contribution in [1.82, 2.24) is 19.9 Å². The predicted octanol–water partition coefficient (Wildman–Crippen LogP) is 1.42. The molecule has 4 heterocycles. The minimum atomic E-state index is -0.656. The molecule has 12 nitrogen and oxygen atoms in total. The SMILES string of the molecule is C=CCON1C(=O)N2C[C@H]1C(C)=C[C@@H]2C(=O)OC.C=CCON1C(=O)N2C[C@H]1C(C)=C[C@H]2C(=O)OC. The van der Waals surface area contributed by atoms with Gasteiger partial charge in [0.05, 0.1) is 52.6 Å². The van der Waals surface area contributed by atoms with E-state index in [1.54, 1.807) is 24.3 Å². The van der Waals surface area contributed by atoms with Gasteiger partial charge in [0, 0.05) is 0 Å². The van der Waals surface area contributed by atoms with E-state index >= 15 is 0 Å². The third kappa shape index (κ3) is 5.00. The normalized spacial score (nSPS) is 26.1. The molecular formula is C24H32N4O8. The Bertz CT molecular complexity index is 915. The van der Waals surface area contributed by atoms with Crippen molar-refractivity contribution in [3.8, 4) is 0 Å². The van der Waals surface area contributed by atoms with Gasteiger partial charge in [-0.1, -0.05) is 12.2 Å². The van der Waals surface area contributed by atoms with Crippen LogP contribution in [0.2, 0.25) is 0 Å². The van der Waals surface area contributed by atoms with E-state index in [4.69, 9.17) is 19.1 Å². The zero-order valence-electron chi connectivity index (χ0n) is 20.9. The lowest BCUT2D eigenvalue weighted by molar-refractivity contribution is -0.145. The van der Waals surface area contributed by atoms with Crippen molar-refractivity contribution in [1.29, 1.82) is 0 Å². The van der Waals surface area contributed by atoms with E-state index in [1.165, 1.54) is 34.1 Å². The van der Waals surface area contributed by atoms with Gasteiger partial charge in [-0.15, -0.1) is 13.2 Å². The maximum atomic E-state index is 12.1. The highest BCUT2D eigenvalue weighted by molar-refractivity contribution is 5.88. The maximum absolute atomic E-state index is 12.1. The summed E-state index contributed by atoms with van der Waals surface area (Å²) in [7, 11) is 2.62. The Morgan fingerprint density at radius 2 is 1.19 bits per heavy atom. The van der Waals surface area contributed by atoms with Crippen molar-refractivity contribution >= 4 is 24.0 Å². The van der Waals surface area contributed by atoms with Gasteiger partial charge in [0.2, 0.25) is 0 Å². The molecular weight excluding hydrogens is 472 g/mol. The number of carbonyl (C=O) groups is 4.